The molecule has 0 spiro atoms. The van der Waals surface area contributed by atoms with E-state index in [1.807, 2.05) is 30.3 Å². The first kappa shape index (κ1) is 24.1. The molecule has 0 aliphatic heterocycles. The number of nitrogens with one attached hydrogen (secondary N) is 1. The lowest BCUT2D eigenvalue weighted by Crippen LogP contribution is -2.13. The van der Waals surface area contributed by atoms with Gasteiger partial charge in [-0.2, -0.15) is 0 Å². The molecule has 8 heteroatoms. The maximum absolute atomic E-state index is 13.5. The van der Waals surface area contributed by atoms with Crippen molar-refractivity contribution in [1.82, 2.24) is 3.97 Å². The van der Waals surface area contributed by atoms with Crippen molar-refractivity contribution in [3.63, 3.8) is 0 Å². The van der Waals surface area contributed by atoms with Crippen LogP contribution in [-0.4, -0.2) is 25.4 Å². The van der Waals surface area contributed by atoms with Crippen LogP contribution in [0.15, 0.2) is 108 Å². The Kier molecular flexibility index (Phi) is 6.42. The van der Waals surface area contributed by atoms with Crippen LogP contribution in [0.5, 0.6) is 5.75 Å². The summed E-state index contributed by atoms with van der Waals surface area (Å²) in [4.78, 5) is 12.8. The largest absolute Gasteiger partial charge is 0.497 e. The predicted molar refractivity (Wildman–Crippen MR) is 146 cm³/mol. The summed E-state index contributed by atoms with van der Waals surface area (Å²) in [5.41, 5.74) is 9.88. The summed E-state index contributed by atoms with van der Waals surface area (Å²) in [7, 11) is -2.28. The SMILES string of the molecule is COc1ccc(S(=O)(=O)n2cc(Cc3ccc(C(=O)Nc4ccccc4N)cc3)c3ccccc32)cc1. The molecule has 0 bridgehead atoms. The van der Waals surface area contributed by atoms with Crippen LogP contribution in [0.3, 0.4) is 0 Å². The Morgan fingerprint density at radius 1 is 0.892 bits per heavy atom. The number of nitrogen functional groups attached to an aromatic ring is 1. The number of nitrogens with two attached hydrogens (primary N) is 1. The zero-order valence-corrected chi connectivity index (χ0v) is 20.9. The van der Waals surface area contributed by atoms with E-state index in [0.717, 1.165) is 16.5 Å². The molecule has 4 aromatic carbocycles. The van der Waals surface area contributed by atoms with Gasteiger partial charge in [0.15, 0.2) is 0 Å². The molecular weight excluding hydrogens is 486 g/mol. The fourth-order valence-electron chi connectivity index (χ4n) is 4.22. The molecule has 0 fully saturated rings. The second-order valence-electron chi connectivity index (χ2n) is 8.56. The van der Waals surface area contributed by atoms with Crippen molar-refractivity contribution in [1.29, 1.82) is 0 Å². The van der Waals surface area contributed by atoms with Gasteiger partial charge in [0.2, 0.25) is 0 Å². The highest BCUT2D eigenvalue weighted by molar-refractivity contribution is 7.90. The van der Waals surface area contributed by atoms with Gasteiger partial charge in [-0.15, -0.1) is 0 Å². The van der Waals surface area contributed by atoms with Crippen molar-refractivity contribution in [2.75, 3.05) is 18.2 Å². The first-order chi connectivity index (χ1) is 17.9. The van der Waals surface area contributed by atoms with Crippen LogP contribution in [0.25, 0.3) is 10.9 Å². The molecule has 37 heavy (non-hydrogen) atoms. The number of para-hydroxylation sites is 3. The lowest BCUT2D eigenvalue weighted by Gasteiger charge is -2.08. The molecule has 0 saturated carbocycles. The van der Waals surface area contributed by atoms with Gasteiger partial charge in [-0.25, -0.2) is 12.4 Å². The molecule has 0 unspecified atom stereocenters. The molecule has 1 amide bonds. The summed E-state index contributed by atoms with van der Waals surface area (Å²) in [6.45, 7) is 0. The number of fused-ring (bicyclic) bond motifs is 1. The minimum atomic E-state index is -3.82. The molecular formula is C29H25N3O4S. The molecule has 7 nitrogen and oxygen atoms in total. The number of hydrogen-bond acceptors (Lipinski definition) is 5. The number of carbonyl (C=O) groups is 1. The second-order valence-corrected chi connectivity index (χ2v) is 10.4. The van der Waals surface area contributed by atoms with Gasteiger partial charge in [0.25, 0.3) is 15.9 Å². The Labute approximate surface area is 215 Å². The number of benzene rings is 4. The Morgan fingerprint density at radius 2 is 1.57 bits per heavy atom. The van der Waals surface area contributed by atoms with E-state index in [9.17, 15) is 13.2 Å². The molecule has 0 saturated heterocycles. The average molecular weight is 512 g/mol. The highest BCUT2D eigenvalue weighted by atomic mass is 32.2. The Hall–Kier alpha value is -4.56. The number of hydrogen-bond donors (Lipinski definition) is 2. The van der Waals surface area contributed by atoms with Crippen LogP contribution in [0.1, 0.15) is 21.5 Å². The van der Waals surface area contributed by atoms with Gasteiger partial charge in [0.1, 0.15) is 5.75 Å². The molecule has 1 heterocycles. The van der Waals surface area contributed by atoms with Gasteiger partial charge < -0.3 is 15.8 Å². The van der Waals surface area contributed by atoms with Crippen molar-refractivity contribution in [2.24, 2.45) is 0 Å². The van der Waals surface area contributed by atoms with E-state index in [-0.39, 0.29) is 10.8 Å². The van der Waals surface area contributed by atoms with E-state index >= 15 is 0 Å². The molecule has 0 radical (unpaired) electrons. The number of methoxy groups -OCH3 is 1. The summed E-state index contributed by atoms with van der Waals surface area (Å²) in [5.74, 6) is 0.327. The van der Waals surface area contributed by atoms with Crippen LogP contribution in [-0.2, 0) is 16.4 Å². The molecule has 0 aliphatic carbocycles. The molecule has 3 N–H and O–H groups in total. The van der Waals surface area contributed by atoms with E-state index in [1.165, 1.54) is 23.2 Å². The van der Waals surface area contributed by atoms with Gasteiger partial charge >= 0.3 is 0 Å². The van der Waals surface area contributed by atoms with Gasteiger partial charge in [-0.3, -0.25) is 4.79 Å². The van der Waals surface area contributed by atoms with Gasteiger partial charge in [-0.05, 0) is 72.1 Å². The number of carbonyl (C=O) groups excluding carboxylic acids is 1. The number of aromatic nitrogens is 1. The van der Waals surface area contributed by atoms with Crippen molar-refractivity contribution in [2.45, 2.75) is 11.3 Å². The molecule has 186 valence electrons. The van der Waals surface area contributed by atoms with E-state index in [1.54, 1.807) is 60.8 Å². The zero-order chi connectivity index (χ0) is 26.0. The first-order valence-corrected chi connectivity index (χ1v) is 13.0. The van der Waals surface area contributed by atoms with E-state index < -0.39 is 10.0 Å². The molecule has 5 rings (SSSR count). The predicted octanol–water partition coefficient (Wildman–Crippen LogP) is 5.31. The fourth-order valence-corrected chi connectivity index (χ4v) is 5.61. The number of anilines is 2. The Balaban J connectivity index is 1.42. The third-order valence-electron chi connectivity index (χ3n) is 6.20. The molecule has 5 aromatic rings. The number of rotatable bonds is 7. The highest BCUT2D eigenvalue weighted by Gasteiger charge is 2.21. The number of amides is 1. The summed E-state index contributed by atoms with van der Waals surface area (Å²) in [6.07, 6.45) is 2.17. The fraction of sp³-hybridized carbons (Fsp3) is 0.0690. The topological polar surface area (TPSA) is 103 Å². The quantitative estimate of drug-likeness (QED) is 0.288. The van der Waals surface area contributed by atoms with Crippen molar-refractivity contribution >= 4 is 38.2 Å². The van der Waals surface area contributed by atoms with E-state index in [4.69, 9.17) is 10.5 Å². The Bertz CT molecular complexity index is 1690. The smallest absolute Gasteiger partial charge is 0.268 e. The molecule has 0 atom stereocenters. The third-order valence-corrected chi connectivity index (χ3v) is 7.88. The van der Waals surface area contributed by atoms with Crippen LogP contribution in [0.2, 0.25) is 0 Å². The number of ether oxygens (including phenoxy) is 1. The zero-order valence-electron chi connectivity index (χ0n) is 20.1. The lowest BCUT2D eigenvalue weighted by atomic mass is 10.0. The van der Waals surface area contributed by atoms with Crippen molar-refractivity contribution in [3.05, 3.63) is 120 Å². The van der Waals surface area contributed by atoms with Crippen LogP contribution in [0.4, 0.5) is 11.4 Å². The lowest BCUT2D eigenvalue weighted by molar-refractivity contribution is 0.102. The Morgan fingerprint density at radius 3 is 2.27 bits per heavy atom. The van der Waals surface area contributed by atoms with Gasteiger partial charge in [0, 0.05) is 17.1 Å². The van der Waals surface area contributed by atoms with E-state index in [0.29, 0.717) is 34.6 Å². The third kappa shape index (κ3) is 4.79. The van der Waals surface area contributed by atoms with Gasteiger partial charge in [0.05, 0.1) is 28.9 Å². The second kappa shape index (κ2) is 9.83. The molecule has 1 aromatic heterocycles. The minimum Gasteiger partial charge on any atom is -0.497 e. The molecule has 0 aliphatic rings. The number of nitrogens with zero attached hydrogens (tertiary/aromatic N) is 1. The highest BCUT2D eigenvalue weighted by Crippen LogP contribution is 2.28. The van der Waals surface area contributed by atoms with Gasteiger partial charge in [-0.1, -0.05) is 42.5 Å². The van der Waals surface area contributed by atoms with Crippen LogP contribution >= 0.6 is 0 Å². The van der Waals surface area contributed by atoms with Crippen molar-refractivity contribution < 1.29 is 17.9 Å². The van der Waals surface area contributed by atoms with Crippen LogP contribution < -0.4 is 15.8 Å². The standard InChI is InChI=1S/C29H25N3O4S/c1-36-23-14-16-24(17-15-23)37(34,35)32-19-22(25-6-2-5-9-28(25)32)18-20-10-12-21(13-11-20)29(33)31-27-8-4-3-7-26(27)30/h2-17,19H,18,30H2,1H3,(H,31,33). The van der Waals surface area contributed by atoms with Crippen molar-refractivity contribution in [3.8, 4) is 5.75 Å². The van der Waals surface area contributed by atoms with Crippen LogP contribution in [0, 0.1) is 0 Å². The first-order valence-electron chi connectivity index (χ1n) is 11.6. The monoisotopic (exact) mass is 511 g/mol. The normalized spacial score (nSPS) is 11.4. The maximum atomic E-state index is 13.5. The van der Waals surface area contributed by atoms with E-state index in [2.05, 4.69) is 5.32 Å². The minimum absolute atomic E-state index is 0.176. The average Bonchev–Trinajstić information content (AvgIpc) is 3.29. The summed E-state index contributed by atoms with van der Waals surface area (Å²) in [5, 5.41) is 3.67. The summed E-state index contributed by atoms with van der Waals surface area (Å²) in [6, 6.07) is 28.1. The summed E-state index contributed by atoms with van der Waals surface area (Å²) < 4.78 is 33.4. The summed E-state index contributed by atoms with van der Waals surface area (Å²) >= 11 is 0. The maximum Gasteiger partial charge on any atom is 0.268 e.